The first kappa shape index (κ1) is 16.8. The number of hydrogen-bond acceptors (Lipinski definition) is 4. The maximum atomic E-state index is 10.1. The van der Waals surface area contributed by atoms with E-state index in [0.29, 0.717) is 24.8 Å². The zero-order valence-electron chi connectivity index (χ0n) is 12.9. The number of rotatable bonds is 9. The van der Waals surface area contributed by atoms with Crippen molar-refractivity contribution >= 4 is 5.69 Å². The molecular formula is C16H28N2O2. The maximum Gasteiger partial charge on any atom is 0.119 e. The van der Waals surface area contributed by atoms with Crippen LogP contribution in [0.15, 0.2) is 24.3 Å². The Bertz CT molecular complexity index is 367. The van der Waals surface area contributed by atoms with Crippen molar-refractivity contribution in [1.29, 1.82) is 0 Å². The zero-order chi connectivity index (χ0) is 15.0. The molecule has 3 N–H and O–H groups in total. The Morgan fingerprint density at radius 2 is 1.85 bits per heavy atom. The second-order valence-corrected chi connectivity index (χ2v) is 5.40. The van der Waals surface area contributed by atoms with Gasteiger partial charge in [0.05, 0.1) is 0 Å². The van der Waals surface area contributed by atoms with Gasteiger partial charge in [-0.15, -0.1) is 0 Å². The lowest BCUT2D eigenvalue weighted by atomic mass is 10.1. The normalized spacial score (nSPS) is 14.2. The van der Waals surface area contributed by atoms with Gasteiger partial charge >= 0.3 is 0 Å². The molecule has 0 saturated heterocycles. The summed E-state index contributed by atoms with van der Waals surface area (Å²) >= 11 is 0. The molecule has 4 heteroatoms. The number of nitrogens with zero attached hydrogens (tertiary/aromatic N) is 1. The molecule has 0 fully saturated rings. The summed E-state index contributed by atoms with van der Waals surface area (Å²) in [7, 11) is 0. The Morgan fingerprint density at radius 3 is 2.40 bits per heavy atom. The highest BCUT2D eigenvalue weighted by molar-refractivity contribution is 5.41. The summed E-state index contributed by atoms with van der Waals surface area (Å²) in [5.41, 5.74) is 6.33. The predicted molar refractivity (Wildman–Crippen MR) is 83.9 cm³/mol. The average Bonchev–Trinajstić information content (AvgIpc) is 2.45. The summed E-state index contributed by atoms with van der Waals surface area (Å²) in [5.74, 6) is 1.39. The molecule has 20 heavy (non-hydrogen) atoms. The van der Waals surface area contributed by atoms with Crippen LogP contribution in [0.25, 0.3) is 0 Å². The van der Waals surface area contributed by atoms with Gasteiger partial charge in [-0.2, -0.15) is 0 Å². The van der Waals surface area contributed by atoms with Crippen LogP contribution in [-0.4, -0.2) is 42.4 Å². The zero-order valence-corrected chi connectivity index (χ0v) is 12.9. The second kappa shape index (κ2) is 8.82. The van der Waals surface area contributed by atoms with Crippen molar-refractivity contribution in [2.24, 2.45) is 5.92 Å². The van der Waals surface area contributed by atoms with Crippen LogP contribution in [0, 0.1) is 5.92 Å². The van der Waals surface area contributed by atoms with E-state index in [1.165, 1.54) is 0 Å². The van der Waals surface area contributed by atoms with Gasteiger partial charge in [-0.25, -0.2) is 0 Å². The molecule has 114 valence electrons. The number of hydrogen-bond donors (Lipinski definition) is 2. The van der Waals surface area contributed by atoms with E-state index in [1.807, 2.05) is 12.1 Å². The van der Waals surface area contributed by atoms with Crippen molar-refractivity contribution in [3.63, 3.8) is 0 Å². The molecule has 1 aromatic rings. The van der Waals surface area contributed by atoms with Crippen molar-refractivity contribution < 1.29 is 9.84 Å². The molecule has 4 nitrogen and oxygen atoms in total. The molecule has 0 heterocycles. The third-order valence-electron chi connectivity index (χ3n) is 3.51. The van der Waals surface area contributed by atoms with E-state index >= 15 is 0 Å². The standard InChI is InChI=1S/C16H28N2O2/c1-4-13(3)10-18(5-2)11-15(19)12-20-16-8-6-14(17)7-9-16/h6-9,13,15,19H,4-5,10-12,17H2,1-3H3. The van der Waals surface area contributed by atoms with Crippen LogP contribution in [0.5, 0.6) is 5.75 Å². The number of aliphatic hydroxyl groups excluding tert-OH is 1. The summed E-state index contributed by atoms with van der Waals surface area (Å²) < 4.78 is 5.57. The van der Waals surface area contributed by atoms with E-state index in [0.717, 1.165) is 25.3 Å². The fourth-order valence-electron chi connectivity index (χ4n) is 2.01. The Balaban J connectivity index is 2.34. The number of aliphatic hydroxyl groups is 1. The average molecular weight is 280 g/mol. The number of ether oxygens (including phenoxy) is 1. The van der Waals surface area contributed by atoms with Gasteiger partial charge in [0.2, 0.25) is 0 Å². The summed E-state index contributed by atoms with van der Waals surface area (Å²) in [6.07, 6.45) is 0.686. The molecule has 0 bridgehead atoms. The number of nitrogens with two attached hydrogens (primary N) is 1. The Kier molecular flexibility index (Phi) is 7.41. The third kappa shape index (κ3) is 6.26. The fraction of sp³-hybridized carbons (Fsp3) is 0.625. The molecule has 0 aliphatic carbocycles. The van der Waals surface area contributed by atoms with Crippen LogP contribution < -0.4 is 10.5 Å². The molecule has 0 aliphatic rings. The first-order valence-electron chi connectivity index (χ1n) is 7.43. The van der Waals surface area contributed by atoms with Gasteiger partial charge in [0, 0.05) is 18.8 Å². The SMILES string of the molecule is CCC(C)CN(CC)CC(O)COc1ccc(N)cc1. The van der Waals surface area contributed by atoms with Crippen LogP contribution >= 0.6 is 0 Å². The van der Waals surface area contributed by atoms with E-state index in [2.05, 4.69) is 25.7 Å². The van der Waals surface area contributed by atoms with Crippen molar-refractivity contribution in [1.82, 2.24) is 4.90 Å². The lowest BCUT2D eigenvalue weighted by molar-refractivity contribution is 0.0652. The minimum atomic E-state index is -0.475. The first-order valence-corrected chi connectivity index (χ1v) is 7.43. The highest BCUT2D eigenvalue weighted by atomic mass is 16.5. The summed E-state index contributed by atoms with van der Waals surface area (Å²) in [6.45, 7) is 9.47. The molecule has 0 amide bonds. The van der Waals surface area contributed by atoms with Crippen LogP contribution in [0.2, 0.25) is 0 Å². The van der Waals surface area contributed by atoms with Crippen molar-refractivity contribution in [3.05, 3.63) is 24.3 Å². The highest BCUT2D eigenvalue weighted by Gasteiger charge is 2.13. The Hall–Kier alpha value is -1.26. The number of anilines is 1. The van der Waals surface area contributed by atoms with Gasteiger partial charge in [0.1, 0.15) is 18.5 Å². The topological polar surface area (TPSA) is 58.7 Å². The molecule has 1 aromatic carbocycles. The molecule has 1 rings (SSSR count). The first-order chi connectivity index (χ1) is 9.55. The molecule has 2 unspecified atom stereocenters. The summed E-state index contributed by atoms with van der Waals surface area (Å²) in [6, 6.07) is 7.23. The van der Waals surface area contributed by atoms with Gasteiger partial charge in [0.15, 0.2) is 0 Å². The fourth-order valence-corrected chi connectivity index (χ4v) is 2.01. The van der Waals surface area contributed by atoms with Crippen molar-refractivity contribution in [3.8, 4) is 5.75 Å². The minimum absolute atomic E-state index is 0.306. The highest BCUT2D eigenvalue weighted by Crippen LogP contribution is 2.13. The molecular weight excluding hydrogens is 252 g/mol. The molecule has 0 spiro atoms. The van der Waals surface area contributed by atoms with Crippen LogP contribution in [0.4, 0.5) is 5.69 Å². The summed E-state index contributed by atoms with van der Waals surface area (Å²) in [4.78, 5) is 2.27. The quantitative estimate of drug-likeness (QED) is 0.682. The van der Waals surface area contributed by atoms with E-state index in [4.69, 9.17) is 10.5 Å². The second-order valence-electron chi connectivity index (χ2n) is 5.40. The van der Waals surface area contributed by atoms with Gasteiger partial charge in [-0.05, 0) is 36.7 Å². The van der Waals surface area contributed by atoms with Gasteiger partial charge in [0.25, 0.3) is 0 Å². The number of nitrogen functional groups attached to an aromatic ring is 1. The predicted octanol–water partition coefficient (Wildman–Crippen LogP) is 2.38. The van der Waals surface area contributed by atoms with Crippen LogP contribution in [0.3, 0.4) is 0 Å². The minimum Gasteiger partial charge on any atom is -0.491 e. The number of benzene rings is 1. The van der Waals surface area contributed by atoms with E-state index < -0.39 is 6.10 Å². The molecule has 2 atom stereocenters. The maximum absolute atomic E-state index is 10.1. The molecule has 0 saturated carbocycles. The lowest BCUT2D eigenvalue weighted by Gasteiger charge is -2.26. The third-order valence-corrected chi connectivity index (χ3v) is 3.51. The summed E-state index contributed by atoms with van der Waals surface area (Å²) in [5, 5.41) is 10.1. The monoisotopic (exact) mass is 280 g/mol. The van der Waals surface area contributed by atoms with Crippen LogP contribution in [0.1, 0.15) is 27.2 Å². The Morgan fingerprint density at radius 1 is 1.20 bits per heavy atom. The molecule has 0 aliphatic heterocycles. The van der Waals surface area contributed by atoms with E-state index in [9.17, 15) is 5.11 Å². The van der Waals surface area contributed by atoms with Gasteiger partial charge < -0.3 is 20.5 Å². The van der Waals surface area contributed by atoms with Crippen molar-refractivity contribution in [2.75, 3.05) is 32.0 Å². The van der Waals surface area contributed by atoms with E-state index in [-0.39, 0.29) is 0 Å². The van der Waals surface area contributed by atoms with Crippen molar-refractivity contribution in [2.45, 2.75) is 33.3 Å². The smallest absolute Gasteiger partial charge is 0.119 e. The van der Waals surface area contributed by atoms with E-state index in [1.54, 1.807) is 12.1 Å². The molecule has 0 radical (unpaired) electrons. The largest absolute Gasteiger partial charge is 0.491 e. The molecule has 0 aromatic heterocycles. The van der Waals surface area contributed by atoms with Gasteiger partial charge in [-0.3, -0.25) is 0 Å². The lowest BCUT2D eigenvalue weighted by Crippen LogP contribution is -2.37. The number of likely N-dealkylation sites (N-methyl/N-ethyl adjacent to an activating group) is 1. The van der Waals surface area contributed by atoms with Gasteiger partial charge in [-0.1, -0.05) is 27.2 Å². The van der Waals surface area contributed by atoms with Crippen LogP contribution in [-0.2, 0) is 0 Å². The Labute approximate surface area is 122 Å².